The highest BCUT2D eigenvalue weighted by molar-refractivity contribution is 5.38. The smallest absolute Gasteiger partial charge is 0.323 e. The minimum atomic E-state index is 0.245. The first kappa shape index (κ1) is 14.9. The van der Waals surface area contributed by atoms with E-state index in [9.17, 15) is 0 Å². The van der Waals surface area contributed by atoms with Crippen LogP contribution >= 0.6 is 0 Å². The molecule has 112 valence electrons. The van der Waals surface area contributed by atoms with Gasteiger partial charge in [0.2, 0.25) is 11.9 Å². The first-order valence-corrected chi connectivity index (χ1v) is 6.77. The van der Waals surface area contributed by atoms with Crippen molar-refractivity contribution in [2.75, 3.05) is 23.5 Å². The van der Waals surface area contributed by atoms with Crippen LogP contribution in [0.3, 0.4) is 0 Å². The average Bonchev–Trinajstić information content (AvgIpc) is 2.53. The van der Waals surface area contributed by atoms with Crippen LogP contribution in [0.5, 0.6) is 6.01 Å². The van der Waals surface area contributed by atoms with E-state index in [-0.39, 0.29) is 12.0 Å². The summed E-state index contributed by atoms with van der Waals surface area (Å²) in [6.45, 7) is 5.67. The topological polar surface area (TPSA) is 102 Å². The zero-order valence-corrected chi connectivity index (χ0v) is 12.2. The Labute approximate surface area is 123 Å². The average molecular weight is 289 g/mol. The molecule has 0 aliphatic carbocycles. The molecule has 0 aliphatic rings. The molecule has 8 nitrogen and oxygen atoms in total. The van der Waals surface area contributed by atoms with Gasteiger partial charge in [-0.2, -0.15) is 15.0 Å². The van der Waals surface area contributed by atoms with Gasteiger partial charge in [0.25, 0.3) is 0 Å². The van der Waals surface area contributed by atoms with E-state index in [2.05, 4.69) is 25.4 Å². The third-order valence-electron chi connectivity index (χ3n) is 2.75. The summed E-state index contributed by atoms with van der Waals surface area (Å²) in [5.41, 5.74) is 3.36. The van der Waals surface area contributed by atoms with Gasteiger partial charge in [-0.25, -0.2) is 5.84 Å². The number of hydrogen-bond donors (Lipinski definition) is 2. The van der Waals surface area contributed by atoms with Gasteiger partial charge < -0.3 is 9.64 Å². The van der Waals surface area contributed by atoms with Gasteiger partial charge in [-0.3, -0.25) is 10.4 Å². The molecule has 0 amide bonds. The molecule has 21 heavy (non-hydrogen) atoms. The second kappa shape index (κ2) is 7.34. The maximum Gasteiger partial charge on any atom is 0.323 e. The highest BCUT2D eigenvalue weighted by Crippen LogP contribution is 2.16. The first-order chi connectivity index (χ1) is 10.3. The largest absolute Gasteiger partial charge is 0.464 e. The molecule has 0 radical (unpaired) electrons. The maximum atomic E-state index is 5.39. The Bertz CT molecular complexity index is 564. The fraction of sp³-hybridized carbons (Fsp3) is 0.385. The summed E-state index contributed by atoms with van der Waals surface area (Å²) in [6.07, 6.45) is 1.76. The van der Waals surface area contributed by atoms with Crippen LogP contribution in [0.4, 0.5) is 11.9 Å². The highest BCUT2D eigenvalue weighted by atomic mass is 16.5. The van der Waals surface area contributed by atoms with Crippen LogP contribution < -0.4 is 20.9 Å². The minimum Gasteiger partial charge on any atom is -0.464 e. The van der Waals surface area contributed by atoms with Gasteiger partial charge in [-0.1, -0.05) is 6.07 Å². The van der Waals surface area contributed by atoms with Gasteiger partial charge in [0.1, 0.15) is 0 Å². The lowest BCUT2D eigenvalue weighted by molar-refractivity contribution is 0.312. The summed E-state index contributed by atoms with van der Waals surface area (Å²) in [7, 11) is 0. The third kappa shape index (κ3) is 3.99. The Kier molecular flexibility index (Phi) is 5.22. The van der Waals surface area contributed by atoms with Crippen molar-refractivity contribution in [3.05, 3.63) is 30.1 Å². The zero-order valence-electron chi connectivity index (χ0n) is 12.2. The van der Waals surface area contributed by atoms with Crippen LogP contribution in [-0.2, 0) is 6.54 Å². The molecule has 0 saturated heterocycles. The fourth-order valence-corrected chi connectivity index (χ4v) is 1.76. The molecule has 0 unspecified atom stereocenters. The van der Waals surface area contributed by atoms with Crippen LogP contribution in [0.1, 0.15) is 19.5 Å². The molecule has 0 atom stereocenters. The Morgan fingerprint density at radius 3 is 2.71 bits per heavy atom. The number of nitrogen functional groups attached to an aromatic ring is 1. The number of aromatic nitrogens is 4. The predicted molar refractivity (Wildman–Crippen MR) is 79.8 cm³/mol. The van der Waals surface area contributed by atoms with Gasteiger partial charge in [-0.15, -0.1) is 0 Å². The minimum absolute atomic E-state index is 0.245. The summed E-state index contributed by atoms with van der Waals surface area (Å²) in [5, 5.41) is 0. The summed E-state index contributed by atoms with van der Waals surface area (Å²) >= 11 is 0. The Morgan fingerprint density at radius 1 is 1.24 bits per heavy atom. The standard InChI is InChI=1S/C13H19N7O/c1-3-20(9-10-7-5-6-8-15-10)12-16-11(19-14)17-13(18-12)21-4-2/h5-8H,3-4,9,14H2,1-2H3,(H,16,17,18,19). The van der Waals surface area contributed by atoms with E-state index < -0.39 is 0 Å². The van der Waals surface area contributed by atoms with Crippen LogP contribution in [0, 0.1) is 0 Å². The molecular weight excluding hydrogens is 270 g/mol. The van der Waals surface area contributed by atoms with Crippen molar-refractivity contribution >= 4 is 11.9 Å². The van der Waals surface area contributed by atoms with E-state index >= 15 is 0 Å². The van der Waals surface area contributed by atoms with Crippen molar-refractivity contribution in [2.45, 2.75) is 20.4 Å². The first-order valence-electron chi connectivity index (χ1n) is 6.77. The van der Waals surface area contributed by atoms with E-state index in [0.717, 1.165) is 12.2 Å². The molecule has 2 heterocycles. The molecule has 0 aliphatic heterocycles. The van der Waals surface area contributed by atoms with Gasteiger partial charge in [0.05, 0.1) is 18.8 Å². The van der Waals surface area contributed by atoms with Crippen LogP contribution in [0.2, 0.25) is 0 Å². The summed E-state index contributed by atoms with van der Waals surface area (Å²) in [5.74, 6) is 6.15. The van der Waals surface area contributed by atoms with E-state index in [1.807, 2.05) is 36.9 Å². The number of hydrogen-bond acceptors (Lipinski definition) is 8. The molecule has 2 aromatic rings. The zero-order chi connectivity index (χ0) is 15.1. The second-order valence-electron chi connectivity index (χ2n) is 4.15. The lowest BCUT2D eigenvalue weighted by Crippen LogP contribution is -2.26. The van der Waals surface area contributed by atoms with Gasteiger partial charge in [0.15, 0.2) is 0 Å². The van der Waals surface area contributed by atoms with Crippen molar-refractivity contribution < 1.29 is 4.74 Å². The number of nitrogens with two attached hydrogens (primary N) is 1. The second-order valence-corrected chi connectivity index (χ2v) is 4.15. The van der Waals surface area contributed by atoms with Gasteiger partial charge >= 0.3 is 6.01 Å². The molecule has 2 rings (SSSR count). The van der Waals surface area contributed by atoms with Crippen molar-refractivity contribution in [3.63, 3.8) is 0 Å². The van der Waals surface area contributed by atoms with E-state index in [1.165, 1.54) is 0 Å². The fourth-order valence-electron chi connectivity index (χ4n) is 1.76. The number of hydrazine groups is 1. The molecular formula is C13H19N7O. The summed E-state index contributed by atoms with van der Waals surface area (Å²) in [6, 6.07) is 6.03. The normalized spacial score (nSPS) is 10.2. The number of rotatable bonds is 7. The molecule has 2 aromatic heterocycles. The van der Waals surface area contributed by atoms with Crippen molar-refractivity contribution in [3.8, 4) is 6.01 Å². The lowest BCUT2D eigenvalue weighted by atomic mass is 10.3. The number of pyridine rings is 1. The van der Waals surface area contributed by atoms with Gasteiger partial charge in [0, 0.05) is 12.7 Å². The molecule has 3 N–H and O–H groups in total. The molecule has 0 fully saturated rings. The van der Waals surface area contributed by atoms with Crippen LogP contribution in [0.25, 0.3) is 0 Å². The number of anilines is 2. The molecule has 8 heteroatoms. The predicted octanol–water partition coefficient (Wildman–Crippen LogP) is 0.977. The molecule has 0 bridgehead atoms. The molecule has 0 aromatic carbocycles. The van der Waals surface area contributed by atoms with E-state index in [1.54, 1.807) is 6.20 Å². The number of nitrogens with one attached hydrogen (secondary N) is 1. The summed E-state index contributed by atoms with van der Waals surface area (Å²) in [4.78, 5) is 18.9. The monoisotopic (exact) mass is 289 g/mol. The lowest BCUT2D eigenvalue weighted by Gasteiger charge is -2.20. The van der Waals surface area contributed by atoms with Crippen molar-refractivity contribution in [2.24, 2.45) is 5.84 Å². The van der Waals surface area contributed by atoms with Crippen LogP contribution in [0.15, 0.2) is 24.4 Å². The quantitative estimate of drug-likeness (QED) is 0.574. The summed E-state index contributed by atoms with van der Waals surface area (Å²) < 4.78 is 5.33. The Balaban J connectivity index is 2.26. The van der Waals surface area contributed by atoms with Crippen LogP contribution in [-0.4, -0.2) is 33.1 Å². The van der Waals surface area contributed by atoms with Gasteiger partial charge in [-0.05, 0) is 26.0 Å². The Hall–Kier alpha value is -2.48. The van der Waals surface area contributed by atoms with E-state index in [4.69, 9.17) is 10.6 Å². The highest BCUT2D eigenvalue weighted by Gasteiger charge is 2.13. The maximum absolute atomic E-state index is 5.39. The SMILES string of the molecule is CCOc1nc(NN)nc(N(CC)Cc2ccccn2)n1. The van der Waals surface area contributed by atoms with Crippen molar-refractivity contribution in [1.29, 1.82) is 0 Å². The third-order valence-corrected chi connectivity index (χ3v) is 2.75. The van der Waals surface area contributed by atoms with Crippen molar-refractivity contribution in [1.82, 2.24) is 19.9 Å². The Morgan fingerprint density at radius 2 is 2.10 bits per heavy atom. The molecule has 0 spiro atoms. The van der Waals surface area contributed by atoms with E-state index in [0.29, 0.717) is 19.1 Å². The number of ether oxygens (including phenoxy) is 1. The molecule has 0 saturated carbocycles. The number of nitrogens with zero attached hydrogens (tertiary/aromatic N) is 5.